The Labute approximate surface area is 132 Å². The number of thiophene rings is 1. The first-order valence-electron chi connectivity index (χ1n) is 5.87. The molecule has 5 heteroatoms. The molecule has 2 aromatic carbocycles. The van der Waals surface area contributed by atoms with Crippen molar-refractivity contribution in [3.8, 4) is 0 Å². The molecule has 3 aromatic rings. The fourth-order valence-electron chi connectivity index (χ4n) is 2.04. The molecule has 1 aromatic heterocycles. The molecule has 3 rings (SSSR count). The SMILES string of the molecule is OC(c1cc2ccccc2s1)c1cc(Cl)c(Br)cc1F. The first kappa shape index (κ1) is 14.0. The first-order chi connectivity index (χ1) is 9.56. The minimum absolute atomic E-state index is 0.185. The van der Waals surface area contributed by atoms with Crippen molar-refractivity contribution in [3.63, 3.8) is 0 Å². The standard InChI is InChI=1S/C15H9BrClFOS/c16-10-7-12(18)9(6-11(10)17)15(19)14-5-8-3-1-2-4-13(8)20-14/h1-7,15,19H. The van der Waals surface area contributed by atoms with E-state index in [1.54, 1.807) is 0 Å². The number of hydrogen-bond donors (Lipinski definition) is 1. The van der Waals surface area contributed by atoms with Crippen LogP contribution in [0.1, 0.15) is 16.5 Å². The van der Waals surface area contributed by atoms with E-state index in [9.17, 15) is 9.50 Å². The van der Waals surface area contributed by atoms with Gasteiger partial charge < -0.3 is 5.11 Å². The minimum Gasteiger partial charge on any atom is -0.383 e. The zero-order valence-electron chi connectivity index (χ0n) is 10.1. The van der Waals surface area contributed by atoms with Crippen LogP contribution in [0.3, 0.4) is 0 Å². The molecule has 0 saturated carbocycles. The van der Waals surface area contributed by atoms with Crippen LogP contribution in [-0.2, 0) is 0 Å². The Morgan fingerprint density at radius 2 is 1.95 bits per heavy atom. The lowest BCUT2D eigenvalue weighted by Crippen LogP contribution is -2.00. The molecule has 0 spiro atoms. The second-order valence-electron chi connectivity index (χ2n) is 4.38. The summed E-state index contributed by atoms with van der Waals surface area (Å²) in [5.74, 6) is -0.480. The zero-order valence-corrected chi connectivity index (χ0v) is 13.3. The first-order valence-corrected chi connectivity index (χ1v) is 7.86. The van der Waals surface area contributed by atoms with E-state index in [1.807, 2.05) is 30.3 Å². The summed E-state index contributed by atoms with van der Waals surface area (Å²) in [6, 6.07) is 12.4. The number of benzene rings is 2. The van der Waals surface area contributed by atoms with Crippen LogP contribution < -0.4 is 0 Å². The van der Waals surface area contributed by atoms with Gasteiger partial charge in [-0.2, -0.15) is 0 Å². The second-order valence-corrected chi connectivity index (χ2v) is 6.75. The average molecular weight is 372 g/mol. The van der Waals surface area contributed by atoms with Crippen molar-refractivity contribution >= 4 is 49.0 Å². The average Bonchev–Trinajstić information content (AvgIpc) is 2.86. The maximum atomic E-state index is 14.0. The van der Waals surface area contributed by atoms with Crippen molar-refractivity contribution in [3.05, 3.63) is 68.2 Å². The molecule has 1 unspecified atom stereocenters. The largest absolute Gasteiger partial charge is 0.383 e. The Kier molecular flexibility index (Phi) is 3.82. The fourth-order valence-corrected chi connectivity index (χ4v) is 3.60. The topological polar surface area (TPSA) is 20.2 Å². The number of halogens is 3. The highest BCUT2D eigenvalue weighted by molar-refractivity contribution is 9.10. The highest BCUT2D eigenvalue weighted by atomic mass is 79.9. The van der Waals surface area contributed by atoms with E-state index in [4.69, 9.17) is 11.6 Å². The van der Waals surface area contributed by atoms with E-state index in [0.717, 1.165) is 10.1 Å². The number of hydrogen-bond acceptors (Lipinski definition) is 2. The van der Waals surface area contributed by atoms with Crippen LogP contribution in [-0.4, -0.2) is 5.11 Å². The molecule has 0 fully saturated rings. The molecule has 0 saturated heterocycles. The lowest BCUT2D eigenvalue weighted by molar-refractivity contribution is 0.219. The van der Waals surface area contributed by atoms with Gasteiger partial charge >= 0.3 is 0 Å². The number of aliphatic hydroxyl groups excluding tert-OH is 1. The van der Waals surface area contributed by atoms with Crippen molar-refractivity contribution in [2.45, 2.75) is 6.10 Å². The van der Waals surface area contributed by atoms with Gasteiger partial charge in [0.2, 0.25) is 0 Å². The molecule has 20 heavy (non-hydrogen) atoms. The number of fused-ring (bicyclic) bond motifs is 1. The van der Waals surface area contributed by atoms with Gasteiger partial charge in [0.25, 0.3) is 0 Å². The lowest BCUT2D eigenvalue weighted by atomic mass is 10.1. The molecular formula is C15H9BrClFOS. The van der Waals surface area contributed by atoms with E-state index in [-0.39, 0.29) is 5.56 Å². The van der Waals surface area contributed by atoms with E-state index >= 15 is 0 Å². The summed E-state index contributed by atoms with van der Waals surface area (Å²) in [6.07, 6.45) is -1.02. The molecule has 0 amide bonds. The summed E-state index contributed by atoms with van der Waals surface area (Å²) in [5, 5.41) is 11.8. The van der Waals surface area contributed by atoms with Gasteiger partial charge in [0, 0.05) is 19.6 Å². The molecule has 0 bridgehead atoms. The Hall–Kier alpha value is -0.940. The van der Waals surface area contributed by atoms with Gasteiger partial charge in [0.1, 0.15) is 11.9 Å². The minimum atomic E-state index is -1.02. The van der Waals surface area contributed by atoms with Crippen LogP contribution in [0.2, 0.25) is 5.02 Å². The zero-order chi connectivity index (χ0) is 14.3. The van der Waals surface area contributed by atoms with Crippen molar-refractivity contribution in [1.29, 1.82) is 0 Å². The Morgan fingerprint density at radius 3 is 2.70 bits per heavy atom. The van der Waals surface area contributed by atoms with Crippen molar-refractivity contribution in [2.75, 3.05) is 0 Å². The number of rotatable bonds is 2. The van der Waals surface area contributed by atoms with Gasteiger partial charge in [-0.05, 0) is 45.6 Å². The van der Waals surface area contributed by atoms with E-state index in [2.05, 4.69) is 15.9 Å². The summed E-state index contributed by atoms with van der Waals surface area (Å²) in [6.45, 7) is 0. The summed E-state index contributed by atoms with van der Waals surface area (Å²) in [4.78, 5) is 0.698. The van der Waals surface area contributed by atoms with E-state index < -0.39 is 11.9 Å². The maximum Gasteiger partial charge on any atom is 0.130 e. The third kappa shape index (κ3) is 2.49. The van der Waals surface area contributed by atoms with Crippen LogP contribution in [0.4, 0.5) is 4.39 Å². The van der Waals surface area contributed by atoms with Crippen LogP contribution in [0.5, 0.6) is 0 Å². The predicted octanol–water partition coefficient (Wildman–Crippen LogP) is 5.54. The smallest absolute Gasteiger partial charge is 0.130 e. The van der Waals surface area contributed by atoms with E-state index in [0.29, 0.717) is 14.4 Å². The Bertz CT molecular complexity index is 754. The van der Waals surface area contributed by atoms with Gasteiger partial charge in [-0.15, -0.1) is 11.3 Å². The second kappa shape index (κ2) is 5.45. The lowest BCUT2D eigenvalue weighted by Gasteiger charge is -2.11. The molecule has 1 nitrogen and oxygen atoms in total. The maximum absolute atomic E-state index is 14.0. The highest BCUT2D eigenvalue weighted by Gasteiger charge is 2.19. The molecule has 1 atom stereocenters. The normalized spacial score (nSPS) is 12.8. The van der Waals surface area contributed by atoms with Gasteiger partial charge in [0.05, 0.1) is 5.02 Å². The highest BCUT2D eigenvalue weighted by Crippen LogP contribution is 2.36. The Balaban J connectivity index is 2.07. The van der Waals surface area contributed by atoms with Crippen LogP contribution >= 0.6 is 38.9 Å². The van der Waals surface area contributed by atoms with Gasteiger partial charge in [0.15, 0.2) is 0 Å². The molecule has 0 aliphatic heterocycles. The Morgan fingerprint density at radius 1 is 1.20 bits per heavy atom. The number of aliphatic hydroxyl groups is 1. The monoisotopic (exact) mass is 370 g/mol. The molecule has 0 aliphatic carbocycles. The van der Waals surface area contributed by atoms with Crippen molar-refractivity contribution < 1.29 is 9.50 Å². The molecule has 0 aliphatic rings. The molecule has 0 radical (unpaired) electrons. The van der Waals surface area contributed by atoms with Gasteiger partial charge in [-0.25, -0.2) is 4.39 Å². The van der Waals surface area contributed by atoms with Gasteiger partial charge in [-0.3, -0.25) is 0 Å². The van der Waals surface area contributed by atoms with Crippen LogP contribution in [0.15, 0.2) is 46.9 Å². The molecular weight excluding hydrogens is 363 g/mol. The van der Waals surface area contributed by atoms with Gasteiger partial charge in [-0.1, -0.05) is 29.8 Å². The van der Waals surface area contributed by atoms with Crippen LogP contribution in [0.25, 0.3) is 10.1 Å². The summed E-state index contributed by atoms with van der Waals surface area (Å²) in [5.41, 5.74) is 0.185. The predicted molar refractivity (Wildman–Crippen MR) is 85.0 cm³/mol. The quantitative estimate of drug-likeness (QED) is 0.587. The molecule has 1 heterocycles. The van der Waals surface area contributed by atoms with E-state index in [1.165, 1.54) is 23.5 Å². The summed E-state index contributed by atoms with van der Waals surface area (Å²) >= 11 is 10.6. The third-order valence-corrected chi connectivity index (χ3v) is 5.41. The summed E-state index contributed by atoms with van der Waals surface area (Å²) < 4.78 is 15.5. The molecule has 102 valence electrons. The third-order valence-electron chi connectivity index (χ3n) is 3.05. The summed E-state index contributed by atoms with van der Waals surface area (Å²) in [7, 11) is 0. The fraction of sp³-hybridized carbons (Fsp3) is 0.0667. The van der Waals surface area contributed by atoms with Crippen LogP contribution in [0, 0.1) is 5.82 Å². The van der Waals surface area contributed by atoms with Crippen molar-refractivity contribution in [1.82, 2.24) is 0 Å². The van der Waals surface area contributed by atoms with Crippen molar-refractivity contribution in [2.24, 2.45) is 0 Å². The molecule has 1 N–H and O–H groups in total.